The lowest BCUT2D eigenvalue weighted by molar-refractivity contribution is -0.140. The predicted molar refractivity (Wildman–Crippen MR) is 144 cm³/mol. The van der Waals surface area contributed by atoms with Gasteiger partial charge in [-0.25, -0.2) is 9.79 Å². The molecular weight excluding hydrogens is 478 g/mol. The van der Waals surface area contributed by atoms with Gasteiger partial charge in [0.25, 0.3) is 0 Å². The normalized spacial score (nSPS) is 25.6. The number of nitrogens with zero attached hydrogens (tertiary/aromatic N) is 3. The van der Waals surface area contributed by atoms with Crippen molar-refractivity contribution < 1.29 is 19.1 Å². The number of ether oxygens (including phenoxy) is 2. The van der Waals surface area contributed by atoms with E-state index in [1.54, 1.807) is 18.3 Å². The molecule has 192 valence electrons. The zero-order chi connectivity index (χ0) is 26.7. The molecule has 0 aromatic heterocycles. The monoisotopic (exact) mass is 507 g/mol. The fraction of sp³-hybridized carbons (Fsp3) is 0.290. The molecule has 0 amide bonds. The number of hydrazone groups is 1. The zero-order valence-corrected chi connectivity index (χ0v) is 21.8. The Balaban J connectivity index is 1.65. The van der Waals surface area contributed by atoms with Crippen molar-refractivity contribution in [1.82, 2.24) is 5.01 Å². The molecule has 1 saturated heterocycles. The Morgan fingerprint density at radius 3 is 2.34 bits per heavy atom. The van der Waals surface area contributed by atoms with Crippen molar-refractivity contribution in [2.75, 3.05) is 7.11 Å². The predicted octanol–water partition coefficient (Wildman–Crippen LogP) is 4.91. The third-order valence-corrected chi connectivity index (χ3v) is 7.68. The lowest BCUT2D eigenvalue weighted by Gasteiger charge is -2.35. The van der Waals surface area contributed by atoms with Crippen molar-refractivity contribution in [2.45, 2.75) is 44.3 Å². The van der Waals surface area contributed by atoms with Gasteiger partial charge in [-0.2, -0.15) is 5.10 Å². The maximum Gasteiger partial charge on any atom is 0.344 e. The molecule has 0 N–H and O–H groups in total. The van der Waals surface area contributed by atoms with Crippen LogP contribution in [-0.4, -0.2) is 47.6 Å². The van der Waals surface area contributed by atoms with Crippen LogP contribution in [0.2, 0.25) is 0 Å². The van der Waals surface area contributed by atoms with Crippen LogP contribution in [0, 0.1) is 5.41 Å². The average Bonchev–Trinajstić information content (AvgIpc) is 3.43. The highest BCUT2D eigenvalue weighted by Crippen LogP contribution is 2.59. The molecule has 3 aromatic rings. The fourth-order valence-electron chi connectivity index (χ4n) is 5.89. The highest BCUT2D eigenvalue weighted by Gasteiger charge is 2.71. The number of hydrogen-bond acceptors (Lipinski definition) is 7. The highest BCUT2D eigenvalue weighted by atomic mass is 16.6. The largest absolute Gasteiger partial charge is 0.497 e. The van der Waals surface area contributed by atoms with Crippen LogP contribution in [0.5, 0.6) is 5.75 Å². The summed E-state index contributed by atoms with van der Waals surface area (Å²) >= 11 is 0. The molecule has 7 heteroatoms. The van der Waals surface area contributed by atoms with E-state index in [1.165, 1.54) is 0 Å². The number of ketones is 1. The molecule has 3 aromatic carbocycles. The summed E-state index contributed by atoms with van der Waals surface area (Å²) < 4.78 is 11.4. The number of hydrogen-bond donors (Lipinski definition) is 0. The van der Waals surface area contributed by atoms with Gasteiger partial charge < -0.3 is 9.47 Å². The minimum atomic E-state index is -1.43. The van der Waals surface area contributed by atoms with E-state index in [9.17, 15) is 9.59 Å². The van der Waals surface area contributed by atoms with E-state index in [-0.39, 0.29) is 11.7 Å². The summed E-state index contributed by atoms with van der Waals surface area (Å²) in [5.41, 5.74) is 1.16. The molecular formula is C31H29N3O4. The van der Waals surface area contributed by atoms with Crippen molar-refractivity contribution in [1.29, 1.82) is 0 Å². The van der Waals surface area contributed by atoms with Gasteiger partial charge in [-0.05, 0) is 41.0 Å². The number of carbonyl (C=O) groups is 2. The maximum atomic E-state index is 14.2. The minimum absolute atomic E-state index is 0.0205. The number of cyclic esters (lactones) is 1. The van der Waals surface area contributed by atoms with E-state index in [1.807, 2.05) is 99.6 Å². The third-order valence-electron chi connectivity index (χ3n) is 7.68. The van der Waals surface area contributed by atoms with Crippen molar-refractivity contribution in [2.24, 2.45) is 15.5 Å². The molecule has 4 atom stereocenters. The number of carbonyl (C=O) groups excluding carboxylic acids is 2. The maximum absolute atomic E-state index is 14.2. The topological polar surface area (TPSA) is 80.6 Å². The Labute approximate surface area is 221 Å². The molecule has 0 aliphatic carbocycles. The van der Waals surface area contributed by atoms with Crippen LogP contribution in [0.3, 0.4) is 0 Å². The van der Waals surface area contributed by atoms with Gasteiger partial charge >= 0.3 is 5.97 Å². The van der Waals surface area contributed by atoms with Gasteiger partial charge in [0, 0.05) is 11.0 Å². The Hall–Kier alpha value is -4.26. The van der Waals surface area contributed by atoms with Crippen molar-refractivity contribution in [3.8, 4) is 5.75 Å². The molecule has 38 heavy (non-hydrogen) atoms. The molecule has 3 aliphatic rings. The van der Waals surface area contributed by atoms with E-state index in [4.69, 9.17) is 19.6 Å². The lowest BCUT2D eigenvalue weighted by atomic mass is 9.70. The SMILES string of the molecule is COc1ccc([C@H]2[C@H](C(=O)C(C)(C)C)N3N=Cc4ccccc4C3[C@]23N=C(c2ccccc2)OC3=O)cc1. The second-order valence-electron chi connectivity index (χ2n) is 11.0. The van der Waals surface area contributed by atoms with Crippen LogP contribution in [0.1, 0.15) is 55.0 Å². The number of benzene rings is 3. The summed E-state index contributed by atoms with van der Waals surface area (Å²) in [5.74, 6) is -0.216. The van der Waals surface area contributed by atoms with Gasteiger partial charge in [-0.3, -0.25) is 9.80 Å². The molecule has 1 spiro atoms. The summed E-state index contributed by atoms with van der Waals surface area (Å²) in [6.45, 7) is 5.69. The molecule has 3 aliphatic heterocycles. The number of rotatable bonds is 4. The minimum Gasteiger partial charge on any atom is -0.497 e. The fourth-order valence-corrected chi connectivity index (χ4v) is 5.89. The quantitative estimate of drug-likeness (QED) is 0.469. The molecule has 0 saturated carbocycles. The first kappa shape index (κ1) is 24.1. The molecule has 7 nitrogen and oxygen atoms in total. The van der Waals surface area contributed by atoms with E-state index < -0.39 is 34.9 Å². The Morgan fingerprint density at radius 1 is 0.974 bits per heavy atom. The first-order valence-corrected chi connectivity index (χ1v) is 12.7. The summed E-state index contributed by atoms with van der Waals surface area (Å²) in [6.07, 6.45) is 1.76. The summed E-state index contributed by atoms with van der Waals surface area (Å²) in [5, 5.41) is 6.59. The Morgan fingerprint density at radius 2 is 1.66 bits per heavy atom. The summed E-state index contributed by atoms with van der Waals surface area (Å²) in [7, 11) is 1.61. The molecule has 0 radical (unpaired) electrons. The molecule has 6 rings (SSSR count). The van der Waals surface area contributed by atoms with E-state index >= 15 is 0 Å². The third kappa shape index (κ3) is 3.49. The Kier molecular flexibility index (Phi) is 5.49. The van der Waals surface area contributed by atoms with Crippen LogP contribution in [0.15, 0.2) is 89.0 Å². The second-order valence-corrected chi connectivity index (χ2v) is 11.0. The van der Waals surface area contributed by atoms with Gasteiger partial charge in [0.15, 0.2) is 11.3 Å². The van der Waals surface area contributed by atoms with Crippen LogP contribution in [0.4, 0.5) is 0 Å². The van der Waals surface area contributed by atoms with Crippen molar-refractivity contribution in [3.05, 3.63) is 101 Å². The van der Waals surface area contributed by atoms with E-state index in [0.717, 1.165) is 16.7 Å². The molecule has 1 unspecified atom stereocenters. The first-order valence-electron chi connectivity index (χ1n) is 12.7. The number of methoxy groups -OCH3 is 1. The Bertz CT molecular complexity index is 1470. The zero-order valence-electron chi connectivity index (χ0n) is 21.8. The standard InChI is InChI=1S/C31H29N3O4/c1-30(2,3)27(35)25-24(19-14-16-22(37-4)17-15-19)31(26-23-13-9-8-12-21(23)18-32-34(25)26)29(36)38-28(33-31)20-10-6-5-7-11-20/h5-18,24-26H,1-4H3/t24-,25+,26?,31+/m0/s1. The number of Topliss-reactive ketones (excluding diaryl/α,β-unsaturated/α-hetero) is 1. The van der Waals surface area contributed by atoms with Gasteiger partial charge in [0.2, 0.25) is 5.90 Å². The average molecular weight is 508 g/mol. The van der Waals surface area contributed by atoms with Crippen LogP contribution < -0.4 is 4.74 Å². The lowest BCUT2D eigenvalue weighted by Crippen LogP contribution is -2.45. The van der Waals surface area contributed by atoms with Crippen LogP contribution in [-0.2, 0) is 14.3 Å². The van der Waals surface area contributed by atoms with Crippen LogP contribution in [0.25, 0.3) is 0 Å². The smallest absolute Gasteiger partial charge is 0.344 e. The van der Waals surface area contributed by atoms with Gasteiger partial charge in [0.05, 0.1) is 19.2 Å². The molecule has 0 bridgehead atoms. The number of esters is 1. The number of aliphatic imine (C=N–C) groups is 1. The highest BCUT2D eigenvalue weighted by molar-refractivity contribution is 6.10. The van der Waals surface area contributed by atoms with Crippen molar-refractivity contribution in [3.63, 3.8) is 0 Å². The summed E-state index contributed by atoms with van der Waals surface area (Å²) in [4.78, 5) is 33.5. The van der Waals surface area contributed by atoms with E-state index in [0.29, 0.717) is 11.3 Å². The van der Waals surface area contributed by atoms with Crippen molar-refractivity contribution >= 4 is 23.9 Å². The van der Waals surface area contributed by atoms with Gasteiger partial charge in [0.1, 0.15) is 17.8 Å². The molecule has 3 heterocycles. The van der Waals surface area contributed by atoms with Crippen LogP contribution >= 0.6 is 0 Å². The van der Waals surface area contributed by atoms with E-state index in [2.05, 4.69) is 0 Å². The van der Waals surface area contributed by atoms with Gasteiger partial charge in [-0.1, -0.05) is 75.4 Å². The van der Waals surface area contributed by atoms with Gasteiger partial charge in [-0.15, -0.1) is 0 Å². The number of fused-ring (bicyclic) bond motifs is 4. The first-order chi connectivity index (χ1) is 18.3. The summed E-state index contributed by atoms with van der Waals surface area (Å²) in [6, 6.07) is 23.4. The molecule has 1 fully saturated rings. The second kappa shape index (κ2) is 8.65.